The Morgan fingerprint density at radius 2 is 1.85 bits per heavy atom. The van der Waals surface area contributed by atoms with Crippen molar-refractivity contribution in [2.24, 2.45) is 10.9 Å². The maximum atomic E-state index is 13.4. The number of hydrogen-bond acceptors (Lipinski definition) is 3. The summed E-state index contributed by atoms with van der Waals surface area (Å²) >= 11 is 0. The minimum Gasteiger partial charge on any atom is -0.362 e. The Bertz CT molecular complexity index is 809. The normalized spacial score (nSPS) is 28.0. The molecular weight excluding hydrogens is 330 g/mol. The molecule has 0 saturated carbocycles. The van der Waals surface area contributed by atoms with Gasteiger partial charge in [0.05, 0.1) is 11.6 Å². The van der Waals surface area contributed by atoms with E-state index in [1.54, 1.807) is 53.5 Å². The molecule has 0 unspecified atom stereocenters. The minimum atomic E-state index is -2.02. The van der Waals surface area contributed by atoms with E-state index in [1.807, 2.05) is 6.07 Å². The third kappa shape index (κ3) is 2.57. The molecule has 1 N–H and O–H groups in total. The third-order valence-electron chi connectivity index (χ3n) is 5.16. The Labute approximate surface area is 152 Å². The molecule has 2 aliphatic heterocycles. The lowest BCUT2D eigenvalue weighted by molar-refractivity contribution is -0.153. The Kier molecular flexibility index (Phi) is 4.20. The monoisotopic (exact) mass is 351 g/mol. The molecule has 0 aromatic heterocycles. The van der Waals surface area contributed by atoms with Crippen LogP contribution in [0.5, 0.6) is 0 Å². The molecule has 3 aliphatic rings. The number of para-hydroxylation sites is 1. The van der Waals surface area contributed by atoms with Crippen LogP contribution in [0.4, 0.5) is 10.5 Å². The number of anilines is 1. The van der Waals surface area contributed by atoms with Crippen molar-refractivity contribution in [1.29, 1.82) is 0 Å². The number of aliphatic imine (C=N–C) groups is 1. The summed E-state index contributed by atoms with van der Waals surface area (Å²) in [6.07, 6.45) is 9.83. The second-order valence-corrected chi connectivity index (χ2v) is 6.79. The SMILES string of the molecule is O=C1N=C2C=CC=C[C@H]2[C@](O)(C(=O)N2CCCCC2)N1c1ccccc1. The van der Waals surface area contributed by atoms with Gasteiger partial charge in [-0.1, -0.05) is 36.4 Å². The zero-order valence-electron chi connectivity index (χ0n) is 14.4. The van der Waals surface area contributed by atoms with E-state index in [2.05, 4.69) is 4.99 Å². The predicted octanol–water partition coefficient (Wildman–Crippen LogP) is 2.51. The standard InChI is InChI=1S/C20H21N3O3/c24-18(22-13-7-2-8-14-22)20(26)16-11-5-6-12-17(16)21-19(25)23(20)15-9-3-1-4-10-15/h1,3-6,9-12,16,26H,2,7-8,13-14H2/t16-,20+/m1/s1. The summed E-state index contributed by atoms with van der Waals surface area (Å²) < 4.78 is 0. The highest BCUT2D eigenvalue weighted by molar-refractivity contribution is 6.17. The van der Waals surface area contributed by atoms with Crippen LogP contribution < -0.4 is 4.90 Å². The van der Waals surface area contributed by atoms with E-state index in [-0.39, 0.29) is 0 Å². The third-order valence-corrected chi connectivity index (χ3v) is 5.16. The zero-order chi connectivity index (χ0) is 18.1. The quantitative estimate of drug-likeness (QED) is 0.890. The number of allylic oxidation sites excluding steroid dienone is 3. The van der Waals surface area contributed by atoms with Crippen molar-refractivity contribution in [3.05, 3.63) is 54.6 Å². The molecule has 26 heavy (non-hydrogen) atoms. The first-order chi connectivity index (χ1) is 12.6. The highest BCUT2D eigenvalue weighted by Gasteiger charge is 2.57. The summed E-state index contributed by atoms with van der Waals surface area (Å²) in [5.74, 6) is -1.13. The molecule has 1 aromatic rings. The Hall–Kier alpha value is -2.73. The van der Waals surface area contributed by atoms with Crippen LogP contribution >= 0.6 is 0 Å². The van der Waals surface area contributed by atoms with Crippen molar-refractivity contribution in [2.75, 3.05) is 18.0 Å². The summed E-state index contributed by atoms with van der Waals surface area (Å²) in [7, 11) is 0. The van der Waals surface area contributed by atoms with Crippen molar-refractivity contribution in [3.63, 3.8) is 0 Å². The highest BCUT2D eigenvalue weighted by Crippen LogP contribution is 2.38. The lowest BCUT2D eigenvalue weighted by Crippen LogP contribution is -2.69. The Balaban J connectivity index is 1.83. The second kappa shape index (κ2) is 6.53. The van der Waals surface area contributed by atoms with Crippen LogP contribution in [0.2, 0.25) is 0 Å². The molecule has 1 aliphatic carbocycles. The van der Waals surface area contributed by atoms with Crippen LogP contribution in [-0.4, -0.2) is 46.5 Å². The molecular formula is C20H21N3O3. The summed E-state index contributed by atoms with van der Waals surface area (Å²) in [4.78, 5) is 33.2. The van der Waals surface area contributed by atoms with Crippen LogP contribution in [0.25, 0.3) is 0 Å². The molecule has 0 spiro atoms. The van der Waals surface area contributed by atoms with E-state index in [9.17, 15) is 14.7 Å². The number of amides is 3. The fourth-order valence-electron chi connectivity index (χ4n) is 3.87. The first kappa shape index (κ1) is 16.7. The topological polar surface area (TPSA) is 73.2 Å². The van der Waals surface area contributed by atoms with E-state index in [0.29, 0.717) is 24.5 Å². The van der Waals surface area contributed by atoms with Gasteiger partial charge in [-0.3, -0.25) is 9.69 Å². The van der Waals surface area contributed by atoms with Crippen LogP contribution in [0.15, 0.2) is 59.6 Å². The van der Waals surface area contributed by atoms with Crippen LogP contribution in [0.1, 0.15) is 19.3 Å². The molecule has 1 fully saturated rings. The Morgan fingerprint density at radius 3 is 2.58 bits per heavy atom. The molecule has 1 aromatic carbocycles. The largest absolute Gasteiger partial charge is 0.362 e. The zero-order valence-corrected chi connectivity index (χ0v) is 14.4. The number of benzene rings is 1. The lowest BCUT2D eigenvalue weighted by atomic mass is 9.83. The van der Waals surface area contributed by atoms with Gasteiger partial charge in [0.15, 0.2) is 0 Å². The average molecular weight is 351 g/mol. The molecule has 4 rings (SSSR count). The van der Waals surface area contributed by atoms with Crippen molar-refractivity contribution in [2.45, 2.75) is 25.0 Å². The highest BCUT2D eigenvalue weighted by atomic mass is 16.3. The number of aliphatic hydroxyl groups is 1. The van der Waals surface area contributed by atoms with Gasteiger partial charge in [-0.25, -0.2) is 4.79 Å². The van der Waals surface area contributed by atoms with E-state index < -0.39 is 23.6 Å². The number of urea groups is 1. The van der Waals surface area contributed by atoms with Gasteiger partial charge in [0.2, 0.25) is 5.72 Å². The van der Waals surface area contributed by atoms with Crippen LogP contribution in [0, 0.1) is 5.92 Å². The van der Waals surface area contributed by atoms with E-state index in [1.165, 1.54) is 0 Å². The molecule has 1 saturated heterocycles. The number of carbonyl (C=O) groups is 2. The number of carbonyl (C=O) groups excluding carboxylic acids is 2. The van der Waals surface area contributed by atoms with Gasteiger partial charge < -0.3 is 10.0 Å². The van der Waals surface area contributed by atoms with Gasteiger partial charge >= 0.3 is 6.03 Å². The summed E-state index contributed by atoms with van der Waals surface area (Å²) in [5.41, 5.74) is -1.15. The van der Waals surface area contributed by atoms with Crippen molar-refractivity contribution in [3.8, 4) is 0 Å². The second-order valence-electron chi connectivity index (χ2n) is 6.79. The molecule has 134 valence electrons. The fourth-order valence-corrected chi connectivity index (χ4v) is 3.87. The number of piperidine rings is 1. The number of rotatable bonds is 2. The number of fused-ring (bicyclic) bond motifs is 1. The van der Waals surface area contributed by atoms with E-state index in [4.69, 9.17) is 0 Å². The maximum absolute atomic E-state index is 13.4. The number of nitrogens with zero attached hydrogens (tertiary/aromatic N) is 3. The van der Waals surface area contributed by atoms with Gasteiger partial charge in [0, 0.05) is 18.8 Å². The molecule has 0 bridgehead atoms. The smallest absolute Gasteiger partial charge is 0.351 e. The predicted molar refractivity (Wildman–Crippen MR) is 98.9 cm³/mol. The summed E-state index contributed by atoms with van der Waals surface area (Å²) in [6, 6.07) is 8.13. The van der Waals surface area contributed by atoms with Gasteiger partial charge in [-0.2, -0.15) is 4.99 Å². The minimum absolute atomic E-state index is 0.414. The van der Waals surface area contributed by atoms with Crippen molar-refractivity contribution >= 4 is 23.3 Å². The summed E-state index contributed by atoms with van der Waals surface area (Å²) in [6.45, 7) is 1.19. The number of likely N-dealkylation sites (tertiary alicyclic amines) is 1. The van der Waals surface area contributed by atoms with Crippen LogP contribution in [0.3, 0.4) is 0 Å². The number of hydrogen-bond donors (Lipinski definition) is 1. The van der Waals surface area contributed by atoms with E-state index in [0.717, 1.165) is 24.2 Å². The molecule has 3 amide bonds. The summed E-state index contributed by atoms with van der Waals surface area (Å²) in [5, 5.41) is 11.7. The van der Waals surface area contributed by atoms with Gasteiger partial charge in [0.1, 0.15) is 0 Å². The lowest BCUT2D eigenvalue weighted by Gasteiger charge is -2.47. The molecule has 2 heterocycles. The van der Waals surface area contributed by atoms with Gasteiger partial charge in [-0.15, -0.1) is 0 Å². The van der Waals surface area contributed by atoms with Gasteiger partial charge in [0.25, 0.3) is 5.91 Å². The average Bonchev–Trinajstić information content (AvgIpc) is 2.69. The Morgan fingerprint density at radius 1 is 1.12 bits per heavy atom. The maximum Gasteiger partial charge on any atom is 0.351 e. The molecule has 2 atom stereocenters. The first-order valence-corrected chi connectivity index (χ1v) is 8.97. The molecule has 6 nitrogen and oxygen atoms in total. The van der Waals surface area contributed by atoms with E-state index >= 15 is 0 Å². The first-order valence-electron chi connectivity index (χ1n) is 8.97. The molecule has 0 radical (unpaired) electrons. The molecule has 6 heteroatoms. The van der Waals surface area contributed by atoms with Crippen LogP contribution in [-0.2, 0) is 4.79 Å². The van der Waals surface area contributed by atoms with Crippen molar-refractivity contribution in [1.82, 2.24) is 4.90 Å². The van der Waals surface area contributed by atoms with Gasteiger partial charge in [-0.05, 0) is 37.5 Å². The fraction of sp³-hybridized carbons (Fsp3) is 0.350. The van der Waals surface area contributed by atoms with Crippen molar-refractivity contribution < 1.29 is 14.7 Å².